The number of hydrogen-bond donors (Lipinski definition) is 0. The molecule has 1 aliphatic rings. The van der Waals surface area contributed by atoms with E-state index in [0.717, 1.165) is 24.5 Å². The van der Waals surface area contributed by atoms with Crippen molar-refractivity contribution in [2.24, 2.45) is 0 Å². The Morgan fingerprint density at radius 2 is 1.84 bits per heavy atom. The molecule has 0 saturated carbocycles. The Bertz CT molecular complexity index is 592. The van der Waals surface area contributed by atoms with Gasteiger partial charge < -0.3 is 14.4 Å². The lowest BCUT2D eigenvalue weighted by Gasteiger charge is -2.46. The smallest absolute Gasteiger partial charge is 0.425 e. The number of carbonyl (C=O) groups is 2. The number of hydrogen-bond acceptors (Lipinski definition) is 6. The summed E-state index contributed by atoms with van der Waals surface area (Å²) in [6.45, 7) is 8.47. The average molecular weight is 349 g/mol. The molecule has 1 aliphatic heterocycles. The lowest BCUT2D eigenvalue weighted by Crippen LogP contribution is -2.61. The zero-order valence-electron chi connectivity index (χ0n) is 15.4. The van der Waals surface area contributed by atoms with Crippen molar-refractivity contribution in [3.8, 4) is 5.75 Å². The molecule has 0 N–H and O–H groups in total. The number of aldehydes is 1. The van der Waals surface area contributed by atoms with Gasteiger partial charge in [-0.1, -0.05) is 12.1 Å². The van der Waals surface area contributed by atoms with Gasteiger partial charge in [-0.25, -0.2) is 14.8 Å². The number of amides is 1. The van der Waals surface area contributed by atoms with E-state index in [2.05, 4.69) is 4.90 Å². The zero-order valence-corrected chi connectivity index (χ0v) is 15.4. The third-order valence-electron chi connectivity index (χ3n) is 4.05. The van der Waals surface area contributed by atoms with Crippen LogP contribution in [0.15, 0.2) is 24.3 Å². The van der Waals surface area contributed by atoms with Gasteiger partial charge in [-0.3, -0.25) is 4.79 Å². The summed E-state index contributed by atoms with van der Waals surface area (Å²) in [4.78, 5) is 25.1. The minimum atomic E-state index is -0.495. The highest BCUT2D eigenvalue weighted by Gasteiger charge is 2.35. The molecule has 0 aromatic heterocycles. The van der Waals surface area contributed by atoms with E-state index in [0.29, 0.717) is 19.4 Å². The molecular formula is C18H27N3O4. The third kappa shape index (κ3) is 4.63. The van der Waals surface area contributed by atoms with E-state index in [9.17, 15) is 9.59 Å². The topological polar surface area (TPSA) is 62.3 Å². The van der Waals surface area contributed by atoms with Crippen molar-refractivity contribution in [3.63, 3.8) is 0 Å². The summed E-state index contributed by atoms with van der Waals surface area (Å²) in [5.74, 6) is 0.842. The van der Waals surface area contributed by atoms with E-state index in [1.54, 1.807) is 12.1 Å². The molecule has 0 aliphatic carbocycles. The first-order valence-electron chi connectivity index (χ1n) is 8.42. The Balaban J connectivity index is 2.07. The Morgan fingerprint density at radius 1 is 1.20 bits per heavy atom. The maximum absolute atomic E-state index is 12.4. The average Bonchev–Trinajstić information content (AvgIpc) is 2.59. The molecule has 0 bridgehead atoms. The number of carbonyl (C=O) groups excluding carboxylic acids is 2. The van der Waals surface area contributed by atoms with Crippen LogP contribution in [0.4, 0.5) is 10.5 Å². The molecule has 0 atom stereocenters. The van der Waals surface area contributed by atoms with Crippen molar-refractivity contribution >= 4 is 18.1 Å². The number of para-hydroxylation sites is 2. The summed E-state index contributed by atoms with van der Waals surface area (Å²) >= 11 is 0. The molecule has 7 nitrogen and oxygen atoms in total. The van der Waals surface area contributed by atoms with E-state index >= 15 is 0 Å². The Labute approximate surface area is 149 Å². The number of rotatable bonds is 5. The summed E-state index contributed by atoms with van der Waals surface area (Å²) in [7, 11) is 1.67. The number of ether oxygens (including phenoxy) is 2. The highest BCUT2D eigenvalue weighted by Crippen LogP contribution is 2.29. The van der Waals surface area contributed by atoms with Crippen molar-refractivity contribution in [2.75, 3.05) is 44.8 Å². The molecule has 25 heavy (non-hydrogen) atoms. The summed E-state index contributed by atoms with van der Waals surface area (Å²) in [5, 5.41) is 3.59. The van der Waals surface area contributed by atoms with Crippen LogP contribution in [-0.4, -0.2) is 67.8 Å². The number of methoxy groups -OCH3 is 1. The van der Waals surface area contributed by atoms with Gasteiger partial charge in [0.25, 0.3) is 0 Å². The van der Waals surface area contributed by atoms with Crippen LogP contribution in [0, 0.1) is 0 Å². The van der Waals surface area contributed by atoms with Gasteiger partial charge in [0.2, 0.25) is 0 Å². The Morgan fingerprint density at radius 3 is 2.40 bits per heavy atom. The predicted octanol–water partition coefficient (Wildman–Crippen LogP) is 2.17. The fourth-order valence-corrected chi connectivity index (χ4v) is 3.01. The molecule has 1 saturated heterocycles. The fourth-order valence-electron chi connectivity index (χ4n) is 3.01. The van der Waals surface area contributed by atoms with E-state index in [1.807, 2.05) is 50.0 Å². The lowest BCUT2D eigenvalue weighted by atomic mass is 10.1. The van der Waals surface area contributed by atoms with Crippen LogP contribution in [-0.2, 0) is 9.53 Å². The van der Waals surface area contributed by atoms with Gasteiger partial charge in [0, 0.05) is 26.2 Å². The third-order valence-corrected chi connectivity index (χ3v) is 4.05. The first-order chi connectivity index (χ1) is 11.9. The molecule has 7 heteroatoms. The summed E-state index contributed by atoms with van der Waals surface area (Å²) in [6.07, 6.45) is 0.0867. The number of piperazine rings is 1. The molecule has 1 fully saturated rings. The van der Waals surface area contributed by atoms with Crippen LogP contribution < -0.4 is 9.64 Å². The number of hydrazine groups is 1. The monoisotopic (exact) mass is 349 g/mol. The summed E-state index contributed by atoms with van der Waals surface area (Å²) in [5.41, 5.74) is 0.613. The molecule has 1 aromatic rings. The Hall–Kier alpha value is -2.28. The zero-order chi connectivity index (χ0) is 18.4. The molecule has 0 unspecified atom stereocenters. The second kappa shape index (κ2) is 8.20. The Kier molecular flexibility index (Phi) is 6.25. The van der Waals surface area contributed by atoms with Gasteiger partial charge in [0.05, 0.1) is 18.3 Å². The largest absolute Gasteiger partial charge is 0.495 e. The number of nitrogens with zero attached hydrogens (tertiary/aromatic N) is 3. The van der Waals surface area contributed by atoms with Crippen molar-refractivity contribution in [3.05, 3.63) is 24.3 Å². The number of benzene rings is 1. The van der Waals surface area contributed by atoms with Gasteiger partial charge in [0.15, 0.2) is 6.29 Å². The maximum Gasteiger partial charge on any atom is 0.425 e. The van der Waals surface area contributed by atoms with Gasteiger partial charge >= 0.3 is 6.09 Å². The van der Waals surface area contributed by atoms with E-state index < -0.39 is 11.6 Å². The highest BCUT2D eigenvalue weighted by molar-refractivity contribution is 5.70. The van der Waals surface area contributed by atoms with Crippen molar-refractivity contribution in [1.29, 1.82) is 0 Å². The van der Waals surface area contributed by atoms with Gasteiger partial charge in [-0.15, -0.1) is 0 Å². The second-order valence-corrected chi connectivity index (χ2v) is 6.84. The van der Waals surface area contributed by atoms with Crippen LogP contribution >= 0.6 is 0 Å². The standard InChI is InChI=1S/C18H27N3O4/c1-18(2,3)21(17(23)25-14-13-22)20-11-9-19(10-12-20)15-7-5-6-8-16(15)24-4/h5-8,13H,9-12,14H2,1-4H3. The van der Waals surface area contributed by atoms with Gasteiger partial charge in [-0.05, 0) is 32.9 Å². The summed E-state index contributed by atoms with van der Waals surface area (Å²) in [6, 6.07) is 7.92. The van der Waals surface area contributed by atoms with E-state index in [-0.39, 0.29) is 6.61 Å². The van der Waals surface area contributed by atoms with Crippen LogP contribution in [0.5, 0.6) is 5.75 Å². The minimum absolute atomic E-state index is 0.230. The maximum atomic E-state index is 12.4. The van der Waals surface area contributed by atoms with Crippen LogP contribution in [0.1, 0.15) is 20.8 Å². The van der Waals surface area contributed by atoms with Crippen molar-refractivity contribution < 1.29 is 19.1 Å². The molecule has 138 valence electrons. The van der Waals surface area contributed by atoms with Gasteiger partial charge in [-0.2, -0.15) is 0 Å². The van der Waals surface area contributed by atoms with Crippen molar-refractivity contribution in [1.82, 2.24) is 10.0 Å². The minimum Gasteiger partial charge on any atom is -0.495 e. The fraction of sp³-hybridized carbons (Fsp3) is 0.556. The van der Waals surface area contributed by atoms with Crippen molar-refractivity contribution in [2.45, 2.75) is 26.3 Å². The highest BCUT2D eigenvalue weighted by atomic mass is 16.6. The first kappa shape index (κ1) is 19.1. The normalized spacial score (nSPS) is 15.6. The molecule has 1 heterocycles. The van der Waals surface area contributed by atoms with Crippen LogP contribution in [0.2, 0.25) is 0 Å². The first-order valence-corrected chi connectivity index (χ1v) is 8.42. The van der Waals surface area contributed by atoms with Gasteiger partial charge in [0.1, 0.15) is 12.4 Å². The van der Waals surface area contributed by atoms with E-state index in [1.165, 1.54) is 0 Å². The molecule has 1 amide bonds. The molecule has 0 radical (unpaired) electrons. The predicted molar refractivity (Wildman–Crippen MR) is 95.8 cm³/mol. The molecule has 0 spiro atoms. The molecular weight excluding hydrogens is 322 g/mol. The van der Waals surface area contributed by atoms with Crippen LogP contribution in [0.3, 0.4) is 0 Å². The second-order valence-electron chi connectivity index (χ2n) is 6.84. The quantitative estimate of drug-likeness (QED) is 0.759. The lowest BCUT2D eigenvalue weighted by molar-refractivity contribution is -0.113. The van der Waals surface area contributed by atoms with Crippen LogP contribution in [0.25, 0.3) is 0 Å². The summed E-state index contributed by atoms with van der Waals surface area (Å²) < 4.78 is 10.5. The molecule has 2 rings (SSSR count). The SMILES string of the molecule is COc1ccccc1N1CCN(N(C(=O)OCC=O)C(C)(C)C)CC1. The number of anilines is 1. The van der Waals surface area contributed by atoms with E-state index in [4.69, 9.17) is 9.47 Å². The molecule has 1 aromatic carbocycles.